The Labute approximate surface area is 131 Å². The monoisotopic (exact) mass is 329 g/mol. The van der Waals surface area contributed by atoms with Crippen molar-refractivity contribution in [2.45, 2.75) is 37.2 Å². The van der Waals surface area contributed by atoms with E-state index in [1.165, 1.54) is 17.8 Å². The Morgan fingerprint density at radius 3 is 3.05 bits per heavy atom. The van der Waals surface area contributed by atoms with Crippen LogP contribution in [0.3, 0.4) is 0 Å². The fraction of sp³-hybridized carbons (Fsp3) is 0.714. The molecular weight excluding hydrogens is 306 g/mol. The molecule has 0 saturated carbocycles. The van der Waals surface area contributed by atoms with Crippen LogP contribution in [0.2, 0.25) is 0 Å². The third kappa shape index (κ3) is 3.03. The zero-order chi connectivity index (χ0) is 14.9. The van der Waals surface area contributed by atoms with Gasteiger partial charge in [0.05, 0.1) is 4.90 Å². The second-order valence-electron chi connectivity index (χ2n) is 5.68. The van der Waals surface area contributed by atoms with Crippen molar-refractivity contribution in [1.82, 2.24) is 14.5 Å². The van der Waals surface area contributed by atoms with Gasteiger partial charge in [-0.05, 0) is 37.4 Å². The standard InChI is InChI=1S/C14H23N3O2S2/c1-2-15-10-13-14(5-9-20-13)21(18,19)17-8-7-16-6-3-4-12(16)11-17/h5,9,12,15H,2-4,6-8,10-11H2,1H3. The third-order valence-corrected chi connectivity index (χ3v) is 7.41. The van der Waals surface area contributed by atoms with E-state index in [4.69, 9.17) is 0 Å². The van der Waals surface area contributed by atoms with Gasteiger partial charge in [0.25, 0.3) is 0 Å². The van der Waals surface area contributed by atoms with Gasteiger partial charge in [-0.1, -0.05) is 6.92 Å². The Morgan fingerprint density at radius 2 is 2.24 bits per heavy atom. The molecule has 3 rings (SSSR count). The van der Waals surface area contributed by atoms with Crippen molar-refractivity contribution in [3.8, 4) is 0 Å². The van der Waals surface area contributed by atoms with Crippen LogP contribution in [0, 0.1) is 0 Å². The van der Waals surface area contributed by atoms with E-state index in [0.717, 1.165) is 30.9 Å². The maximum Gasteiger partial charge on any atom is 0.244 e. The van der Waals surface area contributed by atoms with E-state index < -0.39 is 10.0 Å². The zero-order valence-corrected chi connectivity index (χ0v) is 14.0. The van der Waals surface area contributed by atoms with Crippen LogP contribution < -0.4 is 5.32 Å². The number of sulfonamides is 1. The molecule has 0 aromatic carbocycles. The first-order valence-corrected chi connectivity index (χ1v) is 9.96. The van der Waals surface area contributed by atoms with Crippen molar-refractivity contribution in [3.63, 3.8) is 0 Å². The van der Waals surface area contributed by atoms with Crippen LogP contribution >= 0.6 is 11.3 Å². The lowest BCUT2D eigenvalue weighted by atomic mass is 10.2. The van der Waals surface area contributed by atoms with Crippen LogP contribution in [-0.2, 0) is 16.6 Å². The minimum atomic E-state index is -3.34. The number of thiophene rings is 1. The van der Waals surface area contributed by atoms with E-state index >= 15 is 0 Å². The molecular formula is C14H23N3O2S2. The van der Waals surface area contributed by atoms with Crippen LogP contribution in [-0.4, -0.2) is 56.4 Å². The van der Waals surface area contributed by atoms with Gasteiger partial charge in [-0.15, -0.1) is 11.3 Å². The molecule has 1 aromatic rings. The molecule has 1 aromatic heterocycles. The predicted molar refractivity (Wildman–Crippen MR) is 85.1 cm³/mol. The summed E-state index contributed by atoms with van der Waals surface area (Å²) in [6, 6.07) is 2.18. The number of hydrogen-bond acceptors (Lipinski definition) is 5. The fourth-order valence-electron chi connectivity index (χ4n) is 3.25. The normalized spacial score (nSPS) is 24.3. The summed E-state index contributed by atoms with van der Waals surface area (Å²) in [5, 5.41) is 5.10. The van der Waals surface area contributed by atoms with E-state index in [-0.39, 0.29) is 0 Å². The van der Waals surface area contributed by atoms with Crippen LogP contribution in [0.1, 0.15) is 24.6 Å². The van der Waals surface area contributed by atoms with Gasteiger partial charge in [0.15, 0.2) is 0 Å². The maximum absolute atomic E-state index is 12.9. The van der Waals surface area contributed by atoms with E-state index in [2.05, 4.69) is 10.2 Å². The molecule has 0 amide bonds. The summed E-state index contributed by atoms with van der Waals surface area (Å²) in [6.07, 6.45) is 2.32. The van der Waals surface area contributed by atoms with Gasteiger partial charge in [0.1, 0.15) is 0 Å². The lowest BCUT2D eigenvalue weighted by molar-refractivity contribution is 0.158. The Hall–Kier alpha value is -0.470. The maximum atomic E-state index is 12.9. The first kappa shape index (κ1) is 15.4. The smallest absolute Gasteiger partial charge is 0.244 e. The number of fused-ring (bicyclic) bond motifs is 1. The van der Waals surface area contributed by atoms with Crippen LogP contribution in [0.25, 0.3) is 0 Å². The third-order valence-electron chi connectivity index (χ3n) is 4.41. The molecule has 0 spiro atoms. The van der Waals surface area contributed by atoms with Crippen molar-refractivity contribution in [2.75, 3.05) is 32.7 Å². The van der Waals surface area contributed by atoms with E-state index in [0.29, 0.717) is 30.6 Å². The Bertz CT molecular complexity index is 585. The second kappa shape index (κ2) is 6.34. The summed E-state index contributed by atoms with van der Waals surface area (Å²) in [5.41, 5.74) is 0. The first-order chi connectivity index (χ1) is 10.1. The van der Waals surface area contributed by atoms with Crippen molar-refractivity contribution in [2.24, 2.45) is 0 Å². The molecule has 7 heteroatoms. The van der Waals surface area contributed by atoms with Crippen molar-refractivity contribution in [1.29, 1.82) is 0 Å². The van der Waals surface area contributed by atoms with Gasteiger partial charge < -0.3 is 5.32 Å². The quantitative estimate of drug-likeness (QED) is 0.885. The molecule has 2 fully saturated rings. The van der Waals surface area contributed by atoms with Crippen molar-refractivity contribution < 1.29 is 8.42 Å². The summed E-state index contributed by atoms with van der Waals surface area (Å²) < 4.78 is 27.5. The molecule has 2 aliphatic heterocycles. The lowest BCUT2D eigenvalue weighted by Crippen LogP contribution is -2.51. The molecule has 2 saturated heterocycles. The summed E-state index contributed by atoms with van der Waals surface area (Å²) in [6.45, 7) is 6.78. The molecule has 3 heterocycles. The van der Waals surface area contributed by atoms with Gasteiger partial charge in [0.2, 0.25) is 10.0 Å². The predicted octanol–water partition coefficient (Wildman–Crippen LogP) is 1.33. The number of nitrogens with one attached hydrogen (secondary N) is 1. The van der Waals surface area contributed by atoms with Crippen molar-refractivity contribution >= 4 is 21.4 Å². The molecule has 0 aliphatic carbocycles. The summed E-state index contributed by atoms with van der Waals surface area (Å²) >= 11 is 1.52. The van der Waals surface area contributed by atoms with Gasteiger partial charge in [-0.25, -0.2) is 8.42 Å². The molecule has 21 heavy (non-hydrogen) atoms. The van der Waals surface area contributed by atoms with Crippen molar-refractivity contribution in [3.05, 3.63) is 16.3 Å². The molecule has 0 bridgehead atoms. The number of hydrogen-bond donors (Lipinski definition) is 1. The zero-order valence-electron chi connectivity index (χ0n) is 12.4. The van der Waals surface area contributed by atoms with Crippen LogP contribution in [0.5, 0.6) is 0 Å². The number of nitrogens with zero attached hydrogens (tertiary/aromatic N) is 2. The molecule has 2 aliphatic rings. The highest BCUT2D eigenvalue weighted by Gasteiger charge is 2.37. The van der Waals surface area contributed by atoms with E-state index in [9.17, 15) is 8.42 Å². The van der Waals surface area contributed by atoms with E-state index in [1.54, 1.807) is 10.4 Å². The minimum Gasteiger partial charge on any atom is -0.312 e. The Balaban J connectivity index is 1.79. The second-order valence-corrected chi connectivity index (χ2v) is 8.59. The molecule has 118 valence electrons. The van der Waals surface area contributed by atoms with Crippen LogP contribution in [0.4, 0.5) is 0 Å². The molecule has 0 radical (unpaired) electrons. The summed E-state index contributed by atoms with van der Waals surface area (Å²) in [4.78, 5) is 3.85. The highest BCUT2D eigenvalue weighted by Crippen LogP contribution is 2.29. The summed E-state index contributed by atoms with van der Waals surface area (Å²) in [5.74, 6) is 0. The highest BCUT2D eigenvalue weighted by molar-refractivity contribution is 7.89. The lowest BCUT2D eigenvalue weighted by Gasteiger charge is -2.36. The number of rotatable bonds is 5. The largest absolute Gasteiger partial charge is 0.312 e. The van der Waals surface area contributed by atoms with Gasteiger partial charge in [-0.3, -0.25) is 4.90 Å². The SMILES string of the molecule is CCNCc1sccc1S(=O)(=O)N1CCN2CCCC2C1. The molecule has 1 N–H and O–H groups in total. The average molecular weight is 329 g/mol. The average Bonchev–Trinajstić information content (AvgIpc) is 3.13. The topological polar surface area (TPSA) is 52.7 Å². The van der Waals surface area contributed by atoms with Crippen LogP contribution in [0.15, 0.2) is 16.3 Å². The van der Waals surface area contributed by atoms with E-state index in [1.807, 2.05) is 12.3 Å². The fourth-order valence-corrected chi connectivity index (χ4v) is 6.10. The Morgan fingerprint density at radius 1 is 1.38 bits per heavy atom. The Kier molecular flexibility index (Phi) is 4.66. The molecule has 1 atom stereocenters. The molecule has 5 nitrogen and oxygen atoms in total. The summed E-state index contributed by atoms with van der Waals surface area (Å²) in [7, 11) is -3.34. The van der Waals surface area contributed by atoms with Gasteiger partial charge in [-0.2, -0.15) is 4.31 Å². The van der Waals surface area contributed by atoms with Gasteiger partial charge >= 0.3 is 0 Å². The first-order valence-electron chi connectivity index (χ1n) is 7.64. The number of piperazine rings is 1. The molecule has 1 unspecified atom stereocenters. The minimum absolute atomic E-state index is 0.421. The highest BCUT2D eigenvalue weighted by atomic mass is 32.2. The van der Waals surface area contributed by atoms with Gasteiger partial charge in [0, 0.05) is 37.1 Å².